The van der Waals surface area contributed by atoms with E-state index in [4.69, 9.17) is 5.11 Å². The number of carboxylic acid groups (broad SMARTS) is 1. The minimum Gasteiger partial charge on any atom is -0.480 e. The molecule has 3 atom stereocenters. The Morgan fingerprint density at radius 2 is 1.48 bits per heavy atom. The van der Waals surface area contributed by atoms with E-state index in [1.165, 1.54) is 13.8 Å². The molecule has 0 aromatic rings. The molecule has 130 valence electrons. The third-order valence-corrected chi connectivity index (χ3v) is 3.78. The molecular formula is C15H25N3O5. The first-order valence-electron chi connectivity index (χ1n) is 7.94. The van der Waals surface area contributed by atoms with E-state index in [2.05, 4.69) is 16.0 Å². The Kier molecular flexibility index (Phi) is 7.50. The van der Waals surface area contributed by atoms with Crippen LogP contribution in [-0.2, 0) is 19.2 Å². The van der Waals surface area contributed by atoms with Gasteiger partial charge in [-0.25, -0.2) is 4.79 Å². The van der Waals surface area contributed by atoms with E-state index in [9.17, 15) is 19.2 Å². The largest absolute Gasteiger partial charge is 0.480 e. The number of rotatable bonds is 1. The maximum Gasteiger partial charge on any atom is 0.326 e. The van der Waals surface area contributed by atoms with Gasteiger partial charge in [-0.05, 0) is 26.7 Å². The Hall–Kier alpha value is -2.12. The first-order valence-corrected chi connectivity index (χ1v) is 7.94. The van der Waals surface area contributed by atoms with Gasteiger partial charge in [0.25, 0.3) is 0 Å². The van der Waals surface area contributed by atoms with Gasteiger partial charge in [0.2, 0.25) is 17.7 Å². The molecule has 23 heavy (non-hydrogen) atoms. The van der Waals surface area contributed by atoms with Crippen molar-refractivity contribution < 1.29 is 24.3 Å². The van der Waals surface area contributed by atoms with Crippen molar-refractivity contribution in [2.75, 3.05) is 0 Å². The highest BCUT2D eigenvalue weighted by Crippen LogP contribution is 2.09. The van der Waals surface area contributed by atoms with Crippen molar-refractivity contribution in [3.63, 3.8) is 0 Å². The van der Waals surface area contributed by atoms with Crippen molar-refractivity contribution >= 4 is 23.7 Å². The number of carbonyl (C=O) groups excluding carboxylic acids is 3. The second-order valence-corrected chi connectivity index (χ2v) is 5.87. The maximum atomic E-state index is 12.0. The minimum absolute atomic E-state index is 0.206. The summed E-state index contributed by atoms with van der Waals surface area (Å²) in [6.07, 6.45) is 3.56. The number of carbonyl (C=O) groups is 4. The zero-order valence-electron chi connectivity index (χ0n) is 13.6. The van der Waals surface area contributed by atoms with Crippen LogP contribution in [0.2, 0.25) is 0 Å². The Morgan fingerprint density at radius 3 is 2.13 bits per heavy atom. The molecule has 8 heteroatoms. The molecule has 1 fully saturated rings. The van der Waals surface area contributed by atoms with Gasteiger partial charge >= 0.3 is 5.97 Å². The van der Waals surface area contributed by atoms with E-state index >= 15 is 0 Å². The Balaban J connectivity index is 2.77. The topological polar surface area (TPSA) is 125 Å². The second-order valence-electron chi connectivity index (χ2n) is 5.87. The molecule has 0 radical (unpaired) electrons. The van der Waals surface area contributed by atoms with Gasteiger partial charge in [-0.1, -0.05) is 19.3 Å². The molecule has 0 saturated carbocycles. The maximum absolute atomic E-state index is 12.0. The fourth-order valence-electron chi connectivity index (χ4n) is 2.32. The molecule has 0 aromatic heterocycles. The van der Waals surface area contributed by atoms with Crippen molar-refractivity contribution in [2.45, 2.75) is 70.5 Å². The SMILES string of the molecule is C[C@@H]1NC(=O)CCCCCC[C@H](C(=O)O)NC(=O)[C@H](C)NC1=O. The van der Waals surface area contributed by atoms with Crippen molar-refractivity contribution in [3.8, 4) is 0 Å². The van der Waals surface area contributed by atoms with Crippen LogP contribution in [-0.4, -0.2) is 46.9 Å². The van der Waals surface area contributed by atoms with Crippen LogP contribution in [0.4, 0.5) is 0 Å². The summed E-state index contributed by atoms with van der Waals surface area (Å²) >= 11 is 0. The van der Waals surface area contributed by atoms with Gasteiger partial charge in [-0.3, -0.25) is 14.4 Å². The average Bonchev–Trinajstić information content (AvgIpc) is 2.47. The highest BCUT2D eigenvalue weighted by atomic mass is 16.4. The normalized spacial score (nSPS) is 28.6. The van der Waals surface area contributed by atoms with Crippen molar-refractivity contribution in [3.05, 3.63) is 0 Å². The quantitative estimate of drug-likeness (QED) is 0.536. The molecule has 1 aliphatic heterocycles. The third kappa shape index (κ3) is 6.66. The summed E-state index contributed by atoms with van der Waals surface area (Å²) in [5.41, 5.74) is 0. The molecule has 1 aliphatic rings. The van der Waals surface area contributed by atoms with Gasteiger partial charge in [0.15, 0.2) is 0 Å². The molecule has 0 bridgehead atoms. The zero-order chi connectivity index (χ0) is 17.4. The van der Waals surface area contributed by atoms with Crippen LogP contribution in [0.5, 0.6) is 0 Å². The molecular weight excluding hydrogens is 302 g/mol. The molecule has 4 N–H and O–H groups in total. The van der Waals surface area contributed by atoms with E-state index in [0.717, 1.165) is 12.8 Å². The highest BCUT2D eigenvalue weighted by molar-refractivity contribution is 5.92. The van der Waals surface area contributed by atoms with E-state index in [1.807, 2.05) is 0 Å². The summed E-state index contributed by atoms with van der Waals surface area (Å²) in [6.45, 7) is 3.01. The summed E-state index contributed by atoms with van der Waals surface area (Å²) < 4.78 is 0. The summed E-state index contributed by atoms with van der Waals surface area (Å²) in [5.74, 6) is -2.34. The lowest BCUT2D eigenvalue weighted by Crippen LogP contribution is -2.54. The number of aliphatic carboxylic acids is 1. The smallest absolute Gasteiger partial charge is 0.326 e. The molecule has 0 spiro atoms. The van der Waals surface area contributed by atoms with Crippen molar-refractivity contribution in [1.82, 2.24) is 16.0 Å². The lowest BCUT2D eigenvalue weighted by molar-refractivity contribution is -0.142. The molecule has 1 rings (SSSR count). The van der Waals surface area contributed by atoms with Crippen molar-refractivity contribution in [2.24, 2.45) is 0 Å². The highest BCUT2D eigenvalue weighted by Gasteiger charge is 2.25. The molecule has 0 aliphatic carbocycles. The summed E-state index contributed by atoms with van der Waals surface area (Å²) in [6, 6.07) is -2.60. The fraction of sp³-hybridized carbons (Fsp3) is 0.733. The molecule has 1 saturated heterocycles. The van der Waals surface area contributed by atoms with E-state index in [0.29, 0.717) is 25.7 Å². The van der Waals surface area contributed by atoms with Gasteiger partial charge < -0.3 is 21.1 Å². The van der Waals surface area contributed by atoms with Crippen LogP contribution in [0.3, 0.4) is 0 Å². The Labute approximate surface area is 135 Å². The van der Waals surface area contributed by atoms with Crippen LogP contribution in [0.1, 0.15) is 52.4 Å². The summed E-state index contributed by atoms with van der Waals surface area (Å²) in [7, 11) is 0. The van der Waals surface area contributed by atoms with Crippen LogP contribution >= 0.6 is 0 Å². The molecule has 8 nitrogen and oxygen atoms in total. The Morgan fingerprint density at radius 1 is 0.913 bits per heavy atom. The van der Waals surface area contributed by atoms with Gasteiger partial charge in [0.05, 0.1) is 0 Å². The van der Waals surface area contributed by atoms with Crippen LogP contribution < -0.4 is 16.0 Å². The Bertz CT molecular complexity index is 466. The molecule has 0 unspecified atom stereocenters. The lowest BCUT2D eigenvalue weighted by Gasteiger charge is -2.20. The predicted octanol–water partition coefficient (Wildman–Crippen LogP) is -0.0806. The fourth-order valence-corrected chi connectivity index (χ4v) is 2.32. The minimum atomic E-state index is -1.09. The molecule has 3 amide bonds. The van der Waals surface area contributed by atoms with E-state index in [1.54, 1.807) is 0 Å². The van der Waals surface area contributed by atoms with Gasteiger partial charge in [-0.15, -0.1) is 0 Å². The van der Waals surface area contributed by atoms with Gasteiger partial charge in [-0.2, -0.15) is 0 Å². The van der Waals surface area contributed by atoms with Gasteiger partial charge in [0.1, 0.15) is 18.1 Å². The molecule has 0 aromatic carbocycles. The first kappa shape index (κ1) is 18.9. The monoisotopic (exact) mass is 327 g/mol. The number of amides is 3. The summed E-state index contributed by atoms with van der Waals surface area (Å²) in [4.78, 5) is 46.9. The van der Waals surface area contributed by atoms with Crippen molar-refractivity contribution in [1.29, 1.82) is 0 Å². The molecule has 1 heterocycles. The number of nitrogens with one attached hydrogen (secondary N) is 3. The standard InChI is InChI=1S/C15H25N3O5/c1-9-13(20)17-10(2)14(21)18-11(15(22)23)7-5-3-4-6-8-12(19)16-9/h9-11H,3-8H2,1-2H3,(H,16,19)(H,17,20)(H,18,21)(H,22,23)/t9-,10-,11+/m0/s1. The number of hydrogen-bond donors (Lipinski definition) is 4. The van der Waals surface area contributed by atoms with Crippen LogP contribution in [0, 0.1) is 0 Å². The van der Waals surface area contributed by atoms with Gasteiger partial charge in [0, 0.05) is 6.42 Å². The number of carboxylic acids is 1. The van der Waals surface area contributed by atoms with E-state index < -0.39 is 35.9 Å². The first-order chi connectivity index (χ1) is 10.8. The van der Waals surface area contributed by atoms with Crippen LogP contribution in [0.25, 0.3) is 0 Å². The second kappa shape index (κ2) is 9.12. The zero-order valence-corrected chi connectivity index (χ0v) is 13.6. The average molecular weight is 327 g/mol. The van der Waals surface area contributed by atoms with E-state index in [-0.39, 0.29) is 5.91 Å². The third-order valence-electron chi connectivity index (χ3n) is 3.78. The van der Waals surface area contributed by atoms with Crippen LogP contribution in [0.15, 0.2) is 0 Å². The predicted molar refractivity (Wildman–Crippen MR) is 82.5 cm³/mol. The summed E-state index contributed by atoms with van der Waals surface area (Å²) in [5, 5.41) is 16.7. The number of hydrogen-bond acceptors (Lipinski definition) is 4. The lowest BCUT2D eigenvalue weighted by atomic mass is 10.1.